The SMILES string of the molecule is CC(C)C(C)C(=O)N1CCCC1c1ncc(C2=CC3SC(Br)=CC3S2)[nH]1. The molecule has 4 heterocycles. The van der Waals surface area contributed by atoms with Gasteiger partial charge in [-0.3, -0.25) is 4.79 Å². The molecule has 3 aliphatic heterocycles. The van der Waals surface area contributed by atoms with Gasteiger partial charge in [-0.15, -0.1) is 23.5 Å². The first-order valence-electron chi connectivity index (χ1n) is 9.22. The van der Waals surface area contributed by atoms with E-state index in [1.54, 1.807) is 0 Å². The van der Waals surface area contributed by atoms with Gasteiger partial charge < -0.3 is 9.88 Å². The van der Waals surface area contributed by atoms with Crippen molar-refractivity contribution in [2.75, 3.05) is 6.54 Å². The molecule has 26 heavy (non-hydrogen) atoms. The number of halogens is 1. The van der Waals surface area contributed by atoms with Gasteiger partial charge in [0.05, 0.1) is 17.9 Å². The lowest BCUT2D eigenvalue weighted by Crippen LogP contribution is -2.36. The molecule has 1 fully saturated rings. The van der Waals surface area contributed by atoms with Crippen molar-refractivity contribution in [3.63, 3.8) is 0 Å². The number of aromatic nitrogens is 2. The number of hydrogen-bond donors (Lipinski definition) is 1. The second-order valence-corrected chi connectivity index (χ2v) is 11.4. The Kier molecular flexibility index (Phi) is 5.32. The van der Waals surface area contributed by atoms with Gasteiger partial charge >= 0.3 is 0 Å². The molecule has 1 aromatic rings. The highest BCUT2D eigenvalue weighted by atomic mass is 79.9. The molecule has 0 aromatic carbocycles. The largest absolute Gasteiger partial charge is 0.340 e. The predicted octanol–water partition coefficient (Wildman–Crippen LogP) is 5.17. The van der Waals surface area contributed by atoms with Gasteiger partial charge in [0.25, 0.3) is 0 Å². The van der Waals surface area contributed by atoms with Crippen molar-refractivity contribution >= 4 is 50.3 Å². The van der Waals surface area contributed by atoms with Crippen molar-refractivity contribution < 1.29 is 4.79 Å². The van der Waals surface area contributed by atoms with E-state index in [2.05, 4.69) is 51.9 Å². The Balaban J connectivity index is 1.49. The summed E-state index contributed by atoms with van der Waals surface area (Å²) in [5.41, 5.74) is 1.08. The van der Waals surface area contributed by atoms with Crippen LogP contribution in [0.4, 0.5) is 0 Å². The van der Waals surface area contributed by atoms with E-state index in [1.807, 2.05) is 41.5 Å². The summed E-state index contributed by atoms with van der Waals surface area (Å²) in [4.78, 5) is 24.3. The van der Waals surface area contributed by atoms with E-state index < -0.39 is 0 Å². The van der Waals surface area contributed by atoms with E-state index in [1.165, 1.54) is 8.72 Å². The molecule has 3 aliphatic rings. The van der Waals surface area contributed by atoms with Crippen LogP contribution >= 0.6 is 39.5 Å². The number of aromatic amines is 1. The third-order valence-electron chi connectivity index (χ3n) is 5.55. The van der Waals surface area contributed by atoms with Gasteiger partial charge in [0.15, 0.2) is 0 Å². The van der Waals surface area contributed by atoms with Gasteiger partial charge in [-0.2, -0.15) is 0 Å². The fourth-order valence-electron chi connectivity index (χ4n) is 3.67. The van der Waals surface area contributed by atoms with Crippen molar-refractivity contribution in [2.45, 2.75) is 50.2 Å². The zero-order valence-corrected chi connectivity index (χ0v) is 18.5. The molecule has 0 saturated carbocycles. The second-order valence-electron chi connectivity index (χ2n) is 7.57. The molecule has 7 heteroatoms. The lowest BCUT2D eigenvalue weighted by Gasteiger charge is -2.27. The number of nitrogens with zero attached hydrogens (tertiary/aromatic N) is 2. The van der Waals surface area contributed by atoms with E-state index in [-0.39, 0.29) is 17.9 Å². The predicted molar refractivity (Wildman–Crippen MR) is 114 cm³/mol. The molecule has 1 saturated heterocycles. The highest BCUT2D eigenvalue weighted by Gasteiger charge is 2.36. The Morgan fingerprint density at radius 2 is 2.08 bits per heavy atom. The lowest BCUT2D eigenvalue weighted by atomic mass is 9.96. The molecule has 1 amide bonds. The summed E-state index contributed by atoms with van der Waals surface area (Å²) in [7, 11) is 0. The summed E-state index contributed by atoms with van der Waals surface area (Å²) in [5.74, 6) is 1.61. The van der Waals surface area contributed by atoms with E-state index in [0.717, 1.165) is 30.9 Å². The molecular weight excluding hydrogens is 430 g/mol. The van der Waals surface area contributed by atoms with Crippen LogP contribution in [-0.4, -0.2) is 37.8 Å². The molecule has 0 bridgehead atoms. The van der Waals surface area contributed by atoms with Gasteiger partial charge in [-0.1, -0.05) is 26.8 Å². The zero-order chi connectivity index (χ0) is 18.4. The Labute approximate surface area is 171 Å². The van der Waals surface area contributed by atoms with Crippen molar-refractivity contribution in [3.8, 4) is 0 Å². The van der Waals surface area contributed by atoms with Crippen LogP contribution in [0.5, 0.6) is 0 Å². The lowest BCUT2D eigenvalue weighted by molar-refractivity contribution is -0.137. The molecule has 1 aromatic heterocycles. The van der Waals surface area contributed by atoms with Crippen LogP contribution in [0, 0.1) is 11.8 Å². The molecule has 4 unspecified atom stereocenters. The number of amides is 1. The first-order valence-corrected chi connectivity index (χ1v) is 11.8. The monoisotopic (exact) mass is 453 g/mol. The molecule has 0 aliphatic carbocycles. The topological polar surface area (TPSA) is 49.0 Å². The molecule has 4 rings (SSSR count). The average molecular weight is 454 g/mol. The average Bonchev–Trinajstić information content (AvgIpc) is 3.34. The number of H-pyrrole nitrogens is 1. The van der Waals surface area contributed by atoms with E-state index >= 15 is 0 Å². The zero-order valence-electron chi connectivity index (χ0n) is 15.2. The standard InChI is InChI=1S/C19H24BrN3OS2/c1-10(2)11(3)19(24)23-6-4-5-13(23)18-21-9-12(22-18)14-7-15-16(25-14)8-17(20)26-15/h7-11,13,15-16H,4-6H2,1-3H3,(H,21,22). The number of carbonyl (C=O) groups excluding carboxylic acids is 1. The van der Waals surface area contributed by atoms with Crippen LogP contribution in [0.15, 0.2) is 22.2 Å². The highest BCUT2D eigenvalue weighted by Crippen LogP contribution is 2.51. The second kappa shape index (κ2) is 7.40. The number of rotatable bonds is 4. The van der Waals surface area contributed by atoms with Crippen molar-refractivity contribution in [1.29, 1.82) is 0 Å². The van der Waals surface area contributed by atoms with Gasteiger partial charge in [-0.05, 0) is 40.8 Å². The maximum absolute atomic E-state index is 12.9. The van der Waals surface area contributed by atoms with E-state index in [9.17, 15) is 4.79 Å². The van der Waals surface area contributed by atoms with Crippen molar-refractivity contribution in [1.82, 2.24) is 14.9 Å². The van der Waals surface area contributed by atoms with Gasteiger partial charge in [0.1, 0.15) is 5.82 Å². The van der Waals surface area contributed by atoms with Crippen LogP contribution in [-0.2, 0) is 4.79 Å². The number of nitrogens with one attached hydrogen (secondary N) is 1. The summed E-state index contributed by atoms with van der Waals surface area (Å²) < 4.78 is 1.24. The quantitative estimate of drug-likeness (QED) is 0.682. The molecule has 140 valence electrons. The minimum Gasteiger partial charge on any atom is -0.340 e. The normalized spacial score (nSPS) is 29.1. The maximum atomic E-state index is 12.9. The fraction of sp³-hybridized carbons (Fsp3) is 0.579. The van der Waals surface area contributed by atoms with Crippen LogP contribution < -0.4 is 0 Å². The smallest absolute Gasteiger partial charge is 0.226 e. The van der Waals surface area contributed by atoms with Crippen LogP contribution in [0.3, 0.4) is 0 Å². The van der Waals surface area contributed by atoms with E-state index in [0.29, 0.717) is 16.4 Å². The molecule has 1 N–H and O–H groups in total. The third kappa shape index (κ3) is 3.42. The Morgan fingerprint density at radius 1 is 1.31 bits per heavy atom. The Hall–Kier alpha value is -0.660. The number of carbonyl (C=O) groups is 1. The Morgan fingerprint density at radius 3 is 2.81 bits per heavy atom. The first kappa shape index (κ1) is 18.7. The number of fused-ring (bicyclic) bond motifs is 1. The van der Waals surface area contributed by atoms with Gasteiger partial charge in [0, 0.05) is 31.7 Å². The van der Waals surface area contributed by atoms with Crippen LogP contribution in [0.25, 0.3) is 4.91 Å². The summed E-state index contributed by atoms with van der Waals surface area (Å²) in [5, 5.41) is 1.01. The number of imidazole rings is 1. The first-order chi connectivity index (χ1) is 12.4. The summed E-state index contributed by atoms with van der Waals surface area (Å²) in [6.45, 7) is 7.11. The number of thioether (sulfide) groups is 2. The Bertz CT molecular complexity index is 773. The van der Waals surface area contributed by atoms with Gasteiger partial charge in [-0.25, -0.2) is 4.98 Å². The summed E-state index contributed by atoms with van der Waals surface area (Å²) in [6, 6.07) is 0.0902. The minimum absolute atomic E-state index is 0.0553. The summed E-state index contributed by atoms with van der Waals surface area (Å²) in [6.07, 6.45) is 8.60. The minimum atomic E-state index is 0.0553. The molecule has 4 atom stereocenters. The number of hydrogen-bond acceptors (Lipinski definition) is 4. The molecule has 0 spiro atoms. The number of likely N-dealkylation sites (tertiary alicyclic amines) is 1. The highest BCUT2D eigenvalue weighted by molar-refractivity contribution is 9.14. The van der Waals surface area contributed by atoms with Crippen LogP contribution in [0.2, 0.25) is 0 Å². The third-order valence-corrected chi connectivity index (χ3v) is 8.92. The fourth-order valence-corrected chi connectivity index (χ4v) is 7.35. The van der Waals surface area contributed by atoms with Crippen LogP contribution in [0.1, 0.15) is 51.2 Å². The molecule has 0 radical (unpaired) electrons. The maximum Gasteiger partial charge on any atom is 0.226 e. The van der Waals surface area contributed by atoms with Gasteiger partial charge in [0.2, 0.25) is 5.91 Å². The van der Waals surface area contributed by atoms with Crippen molar-refractivity contribution in [2.24, 2.45) is 11.8 Å². The molecular formula is C19H24BrN3OS2. The molecule has 4 nitrogen and oxygen atoms in total. The summed E-state index contributed by atoms with van der Waals surface area (Å²) >= 11 is 7.35. The van der Waals surface area contributed by atoms with E-state index in [4.69, 9.17) is 0 Å². The van der Waals surface area contributed by atoms with Crippen molar-refractivity contribution in [3.05, 3.63) is 33.7 Å².